The number of carbonyl (C=O) groups is 1. The van der Waals surface area contributed by atoms with E-state index < -0.39 is 10.0 Å². The third-order valence-corrected chi connectivity index (χ3v) is 4.16. The minimum Gasteiger partial charge on any atom is -0.322 e. The Morgan fingerprint density at radius 2 is 1.73 bits per heavy atom. The van der Waals surface area contributed by atoms with Crippen molar-refractivity contribution in [2.45, 2.75) is 6.92 Å². The Balaban J connectivity index is 2.13. The molecule has 0 atom stereocenters. The van der Waals surface area contributed by atoms with Crippen molar-refractivity contribution in [3.8, 4) is 0 Å². The van der Waals surface area contributed by atoms with Gasteiger partial charge in [-0.05, 0) is 77.5 Å². The Hall–Kier alpha value is -1.61. The van der Waals surface area contributed by atoms with E-state index in [0.717, 1.165) is 21.1 Å². The van der Waals surface area contributed by atoms with E-state index >= 15 is 0 Å². The van der Waals surface area contributed by atoms with Crippen LogP contribution >= 0.6 is 22.6 Å². The van der Waals surface area contributed by atoms with Crippen LogP contribution in [0.5, 0.6) is 0 Å². The number of rotatable bonds is 4. The number of halogens is 1. The van der Waals surface area contributed by atoms with E-state index in [1.165, 1.54) is 0 Å². The molecule has 0 aliphatic heterocycles. The molecule has 0 aliphatic carbocycles. The van der Waals surface area contributed by atoms with Gasteiger partial charge in [-0.1, -0.05) is 0 Å². The lowest BCUT2D eigenvalue weighted by Crippen LogP contribution is -2.13. The van der Waals surface area contributed by atoms with Gasteiger partial charge in [0.15, 0.2) is 0 Å². The van der Waals surface area contributed by atoms with Crippen molar-refractivity contribution < 1.29 is 13.2 Å². The van der Waals surface area contributed by atoms with Gasteiger partial charge in [-0.2, -0.15) is 0 Å². The molecule has 2 aromatic carbocycles. The van der Waals surface area contributed by atoms with E-state index in [0.29, 0.717) is 11.3 Å². The van der Waals surface area contributed by atoms with Crippen LogP contribution in [0.2, 0.25) is 0 Å². The zero-order valence-electron chi connectivity index (χ0n) is 12.1. The number of hydrogen-bond donors (Lipinski definition) is 2. The number of hydrogen-bond acceptors (Lipinski definition) is 3. The number of nitrogens with one attached hydrogen (secondary N) is 2. The first-order chi connectivity index (χ1) is 10.2. The molecule has 1 amide bonds. The molecule has 2 rings (SSSR count). The summed E-state index contributed by atoms with van der Waals surface area (Å²) in [6.45, 7) is 1.93. The summed E-state index contributed by atoms with van der Waals surface area (Å²) < 4.78 is 25.7. The molecule has 2 N–H and O–H groups in total. The van der Waals surface area contributed by atoms with Gasteiger partial charge in [-0.3, -0.25) is 9.52 Å². The Bertz CT molecular complexity index is 802. The summed E-state index contributed by atoms with van der Waals surface area (Å²) in [5.74, 6) is -0.241. The summed E-state index contributed by atoms with van der Waals surface area (Å²) in [7, 11) is -3.32. The zero-order chi connectivity index (χ0) is 16.3. The molecule has 0 heterocycles. The van der Waals surface area contributed by atoms with Gasteiger partial charge in [0, 0.05) is 20.5 Å². The van der Waals surface area contributed by atoms with Crippen molar-refractivity contribution in [2.24, 2.45) is 0 Å². The van der Waals surface area contributed by atoms with Crippen LogP contribution in [0.25, 0.3) is 0 Å². The first-order valence-corrected chi connectivity index (χ1v) is 9.37. The number of anilines is 2. The molecular weight excluding hydrogens is 415 g/mol. The number of benzene rings is 2. The fraction of sp³-hybridized carbons (Fsp3) is 0.133. The van der Waals surface area contributed by atoms with E-state index in [4.69, 9.17) is 0 Å². The topological polar surface area (TPSA) is 75.3 Å². The predicted octanol–water partition coefficient (Wildman–Crippen LogP) is 3.22. The molecule has 0 bridgehead atoms. The summed E-state index contributed by atoms with van der Waals surface area (Å²) in [6, 6.07) is 12.0. The minimum atomic E-state index is -3.32. The third kappa shape index (κ3) is 4.70. The van der Waals surface area contributed by atoms with Crippen LogP contribution in [0, 0.1) is 10.5 Å². The highest BCUT2D eigenvalue weighted by atomic mass is 127. The highest BCUT2D eigenvalue weighted by Crippen LogP contribution is 2.19. The second kappa shape index (κ2) is 6.66. The lowest BCUT2D eigenvalue weighted by molar-refractivity contribution is 0.102. The molecule has 0 aliphatic rings. The van der Waals surface area contributed by atoms with E-state index in [9.17, 15) is 13.2 Å². The van der Waals surface area contributed by atoms with Gasteiger partial charge in [0.2, 0.25) is 10.0 Å². The van der Waals surface area contributed by atoms with Gasteiger partial charge in [-0.25, -0.2) is 8.42 Å². The Morgan fingerprint density at radius 3 is 2.27 bits per heavy atom. The van der Waals surface area contributed by atoms with Crippen LogP contribution in [0.15, 0.2) is 42.5 Å². The maximum Gasteiger partial charge on any atom is 0.255 e. The number of carbonyl (C=O) groups excluding carboxylic acids is 1. The molecule has 0 saturated carbocycles. The Kier molecular flexibility index (Phi) is 5.07. The largest absolute Gasteiger partial charge is 0.322 e. The smallest absolute Gasteiger partial charge is 0.255 e. The summed E-state index contributed by atoms with van der Waals surface area (Å²) in [6.07, 6.45) is 1.08. The highest BCUT2D eigenvalue weighted by Gasteiger charge is 2.09. The molecule has 116 valence electrons. The van der Waals surface area contributed by atoms with E-state index in [1.807, 2.05) is 25.1 Å². The standard InChI is InChI=1S/C15H15IN2O3S/c1-10-9-12(16)5-8-14(10)17-15(19)11-3-6-13(7-4-11)18-22(2,20)21/h3-9,18H,1-2H3,(H,17,19). The van der Waals surface area contributed by atoms with Crippen molar-refractivity contribution >= 4 is 49.9 Å². The average Bonchev–Trinajstić information content (AvgIpc) is 2.41. The number of aryl methyl sites for hydroxylation is 1. The fourth-order valence-corrected chi connectivity index (χ4v) is 3.08. The fourth-order valence-electron chi connectivity index (χ4n) is 1.87. The van der Waals surface area contributed by atoms with Gasteiger partial charge in [0.1, 0.15) is 0 Å². The summed E-state index contributed by atoms with van der Waals surface area (Å²) >= 11 is 2.21. The van der Waals surface area contributed by atoms with Crippen molar-refractivity contribution in [3.63, 3.8) is 0 Å². The van der Waals surface area contributed by atoms with Crippen molar-refractivity contribution in [1.82, 2.24) is 0 Å². The quantitative estimate of drug-likeness (QED) is 0.732. The monoisotopic (exact) mass is 430 g/mol. The van der Waals surface area contributed by atoms with Crippen LogP contribution in [0.1, 0.15) is 15.9 Å². The molecule has 0 spiro atoms. The maximum atomic E-state index is 12.2. The first-order valence-electron chi connectivity index (χ1n) is 6.40. The van der Waals surface area contributed by atoms with Gasteiger partial charge in [0.25, 0.3) is 5.91 Å². The zero-order valence-corrected chi connectivity index (χ0v) is 15.0. The average molecular weight is 430 g/mol. The van der Waals surface area contributed by atoms with E-state index in [-0.39, 0.29) is 5.91 Å². The molecule has 0 unspecified atom stereocenters. The van der Waals surface area contributed by atoms with Gasteiger partial charge < -0.3 is 5.32 Å². The van der Waals surface area contributed by atoms with Gasteiger partial charge in [0.05, 0.1) is 6.26 Å². The maximum absolute atomic E-state index is 12.2. The Labute approximate surface area is 143 Å². The van der Waals surface area contributed by atoms with Crippen LogP contribution in [-0.4, -0.2) is 20.6 Å². The predicted molar refractivity (Wildman–Crippen MR) is 96.8 cm³/mol. The second-order valence-electron chi connectivity index (χ2n) is 4.86. The van der Waals surface area contributed by atoms with Crippen molar-refractivity contribution in [1.29, 1.82) is 0 Å². The Morgan fingerprint density at radius 1 is 1.09 bits per heavy atom. The molecule has 5 nitrogen and oxygen atoms in total. The molecule has 7 heteroatoms. The lowest BCUT2D eigenvalue weighted by atomic mass is 10.1. The van der Waals surface area contributed by atoms with E-state index in [2.05, 4.69) is 32.6 Å². The molecular formula is C15H15IN2O3S. The van der Waals surface area contributed by atoms with Gasteiger partial charge >= 0.3 is 0 Å². The summed E-state index contributed by atoms with van der Waals surface area (Å²) in [4.78, 5) is 12.2. The van der Waals surface area contributed by atoms with Crippen molar-refractivity contribution in [2.75, 3.05) is 16.3 Å². The molecule has 0 fully saturated rings. The normalized spacial score (nSPS) is 11.0. The SMILES string of the molecule is Cc1cc(I)ccc1NC(=O)c1ccc(NS(C)(=O)=O)cc1. The third-order valence-electron chi connectivity index (χ3n) is 2.89. The number of amides is 1. The van der Waals surface area contributed by atoms with Crippen LogP contribution in [-0.2, 0) is 10.0 Å². The van der Waals surface area contributed by atoms with E-state index in [1.54, 1.807) is 24.3 Å². The van der Waals surface area contributed by atoms with Crippen LogP contribution in [0.4, 0.5) is 11.4 Å². The summed E-state index contributed by atoms with van der Waals surface area (Å²) in [5.41, 5.74) is 2.61. The molecule has 0 radical (unpaired) electrons. The molecule has 0 saturated heterocycles. The molecule has 2 aromatic rings. The van der Waals surface area contributed by atoms with Gasteiger partial charge in [-0.15, -0.1) is 0 Å². The summed E-state index contributed by atoms with van der Waals surface area (Å²) in [5, 5.41) is 2.84. The lowest BCUT2D eigenvalue weighted by Gasteiger charge is -2.09. The first kappa shape index (κ1) is 16.8. The molecule has 22 heavy (non-hydrogen) atoms. The van der Waals surface area contributed by atoms with Crippen molar-refractivity contribution in [3.05, 3.63) is 57.2 Å². The minimum absolute atomic E-state index is 0.241. The van der Waals surface area contributed by atoms with Crippen LogP contribution < -0.4 is 10.0 Å². The number of sulfonamides is 1. The molecule has 0 aromatic heterocycles. The second-order valence-corrected chi connectivity index (χ2v) is 7.86. The van der Waals surface area contributed by atoms with Crippen LogP contribution in [0.3, 0.4) is 0 Å². The highest BCUT2D eigenvalue weighted by molar-refractivity contribution is 14.1.